The fourth-order valence-electron chi connectivity index (χ4n) is 2.82. The van der Waals surface area contributed by atoms with Gasteiger partial charge in [0.1, 0.15) is 16.2 Å². The molecule has 1 fully saturated rings. The standard InChI is InChI=1S/C15H22N2O5S/c1-4-11-9-17(6-5-16(11)3)23(21,22)13-8-10(2)7-12(14(13)18)15(19)20/h7-8,11,18H,4-6,9H2,1-3H3,(H,19,20). The second-order valence-electron chi connectivity index (χ2n) is 5.87. The van der Waals surface area contributed by atoms with Gasteiger partial charge in [0.15, 0.2) is 0 Å². The van der Waals surface area contributed by atoms with Crippen molar-refractivity contribution in [2.24, 2.45) is 0 Å². The smallest absolute Gasteiger partial charge is 0.339 e. The van der Waals surface area contributed by atoms with Crippen LogP contribution in [0.15, 0.2) is 17.0 Å². The number of carbonyl (C=O) groups is 1. The zero-order chi connectivity index (χ0) is 17.4. The summed E-state index contributed by atoms with van der Waals surface area (Å²) in [6.07, 6.45) is 0.808. The van der Waals surface area contributed by atoms with Gasteiger partial charge in [-0.2, -0.15) is 4.31 Å². The molecule has 8 heteroatoms. The van der Waals surface area contributed by atoms with Gasteiger partial charge in [-0.1, -0.05) is 6.92 Å². The number of hydrogen-bond donors (Lipinski definition) is 2. The highest BCUT2D eigenvalue weighted by molar-refractivity contribution is 7.89. The van der Waals surface area contributed by atoms with E-state index in [0.717, 1.165) is 6.42 Å². The van der Waals surface area contributed by atoms with Crippen molar-refractivity contribution in [2.75, 3.05) is 26.7 Å². The van der Waals surface area contributed by atoms with Crippen LogP contribution in [0.3, 0.4) is 0 Å². The van der Waals surface area contributed by atoms with E-state index in [1.54, 1.807) is 6.92 Å². The second kappa shape index (κ2) is 6.46. The van der Waals surface area contributed by atoms with Gasteiger partial charge in [0.05, 0.1) is 0 Å². The van der Waals surface area contributed by atoms with Crippen LogP contribution in [0.4, 0.5) is 0 Å². The van der Waals surface area contributed by atoms with E-state index in [1.807, 2.05) is 14.0 Å². The van der Waals surface area contributed by atoms with Crippen LogP contribution in [0, 0.1) is 6.92 Å². The largest absolute Gasteiger partial charge is 0.506 e. The summed E-state index contributed by atoms with van der Waals surface area (Å²) in [5.74, 6) is -2.05. The first-order valence-electron chi connectivity index (χ1n) is 7.45. The van der Waals surface area contributed by atoms with Crippen molar-refractivity contribution >= 4 is 16.0 Å². The molecule has 128 valence electrons. The number of hydrogen-bond acceptors (Lipinski definition) is 5. The normalized spacial score (nSPS) is 20.6. The summed E-state index contributed by atoms with van der Waals surface area (Å²) >= 11 is 0. The van der Waals surface area contributed by atoms with Gasteiger partial charge in [-0.3, -0.25) is 0 Å². The lowest BCUT2D eigenvalue weighted by molar-refractivity contribution is 0.0693. The highest BCUT2D eigenvalue weighted by Crippen LogP contribution is 2.32. The summed E-state index contributed by atoms with van der Waals surface area (Å²) < 4.78 is 27.0. The minimum absolute atomic E-state index is 0.101. The first-order chi connectivity index (χ1) is 10.7. The summed E-state index contributed by atoms with van der Waals surface area (Å²) in [5, 5.41) is 19.3. The third-order valence-corrected chi connectivity index (χ3v) is 6.16. The predicted molar refractivity (Wildman–Crippen MR) is 85.3 cm³/mol. The van der Waals surface area contributed by atoms with Crippen molar-refractivity contribution in [2.45, 2.75) is 31.2 Å². The summed E-state index contributed by atoms with van der Waals surface area (Å²) in [4.78, 5) is 13.0. The molecule has 0 amide bonds. The number of nitrogens with zero attached hydrogens (tertiary/aromatic N) is 2. The zero-order valence-electron chi connectivity index (χ0n) is 13.5. The van der Waals surface area contributed by atoms with E-state index in [-0.39, 0.29) is 10.9 Å². The Kier molecular flexibility index (Phi) is 4.98. The molecule has 2 rings (SSSR count). The molecule has 1 saturated heterocycles. The SMILES string of the molecule is CCC1CN(S(=O)(=O)c2cc(C)cc(C(=O)O)c2O)CCN1C. The van der Waals surface area contributed by atoms with Crippen molar-refractivity contribution in [3.63, 3.8) is 0 Å². The topological polar surface area (TPSA) is 98.2 Å². The second-order valence-corrected chi connectivity index (χ2v) is 7.78. The van der Waals surface area contributed by atoms with Gasteiger partial charge in [-0.05, 0) is 38.1 Å². The van der Waals surface area contributed by atoms with Gasteiger partial charge >= 0.3 is 5.97 Å². The minimum Gasteiger partial charge on any atom is -0.506 e. The number of rotatable bonds is 4. The number of sulfonamides is 1. The Morgan fingerprint density at radius 1 is 1.35 bits per heavy atom. The number of carboxylic acid groups (broad SMARTS) is 1. The van der Waals surface area contributed by atoms with Crippen LogP contribution in [-0.4, -0.2) is 66.5 Å². The molecule has 1 heterocycles. The predicted octanol–water partition coefficient (Wildman–Crippen LogP) is 1.11. The van der Waals surface area contributed by atoms with E-state index < -0.39 is 27.3 Å². The number of phenols is 1. The number of carboxylic acids is 1. The third kappa shape index (κ3) is 3.34. The lowest BCUT2D eigenvalue weighted by Crippen LogP contribution is -2.52. The van der Waals surface area contributed by atoms with Crippen LogP contribution in [-0.2, 0) is 10.0 Å². The molecule has 7 nitrogen and oxygen atoms in total. The highest BCUT2D eigenvalue weighted by atomic mass is 32.2. The Hall–Kier alpha value is -1.64. The zero-order valence-corrected chi connectivity index (χ0v) is 14.3. The minimum atomic E-state index is -3.94. The van der Waals surface area contributed by atoms with Crippen molar-refractivity contribution in [1.29, 1.82) is 0 Å². The maximum atomic E-state index is 12.9. The Labute approximate surface area is 136 Å². The number of benzene rings is 1. The van der Waals surface area contributed by atoms with Gasteiger partial charge in [0, 0.05) is 25.7 Å². The molecule has 1 aliphatic heterocycles. The number of aromatic hydroxyl groups is 1. The molecule has 1 atom stereocenters. The van der Waals surface area contributed by atoms with Crippen molar-refractivity contribution in [3.8, 4) is 5.75 Å². The molecule has 1 aromatic rings. The summed E-state index contributed by atoms with van der Waals surface area (Å²) in [5.41, 5.74) is 0.0738. The van der Waals surface area contributed by atoms with E-state index in [1.165, 1.54) is 16.4 Å². The van der Waals surface area contributed by atoms with Gasteiger partial charge < -0.3 is 15.1 Å². The van der Waals surface area contributed by atoms with Crippen molar-refractivity contribution in [1.82, 2.24) is 9.21 Å². The first-order valence-corrected chi connectivity index (χ1v) is 8.89. The molecule has 0 saturated carbocycles. The molecule has 0 aliphatic carbocycles. The number of piperazine rings is 1. The summed E-state index contributed by atoms with van der Waals surface area (Å²) in [6.45, 7) is 4.82. The Balaban J connectivity index is 2.46. The molecular weight excluding hydrogens is 320 g/mol. The molecule has 0 spiro atoms. The quantitative estimate of drug-likeness (QED) is 0.851. The van der Waals surface area contributed by atoms with Gasteiger partial charge in [-0.25, -0.2) is 13.2 Å². The fraction of sp³-hybridized carbons (Fsp3) is 0.533. The highest BCUT2D eigenvalue weighted by Gasteiger charge is 2.34. The van der Waals surface area contributed by atoms with Crippen LogP contribution in [0.1, 0.15) is 29.3 Å². The molecule has 23 heavy (non-hydrogen) atoms. The fourth-order valence-corrected chi connectivity index (χ4v) is 4.48. The Morgan fingerprint density at radius 2 is 2.00 bits per heavy atom. The molecule has 1 aliphatic rings. The van der Waals surface area contributed by atoms with Gasteiger partial charge in [-0.15, -0.1) is 0 Å². The Morgan fingerprint density at radius 3 is 2.57 bits per heavy atom. The van der Waals surface area contributed by atoms with Crippen LogP contribution < -0.4 is 0 Å². The molecule has 2 N–H and O–H groups in total. The number of aromatic carboxylic acids is 1. The van der Waals surface area contributed by atoms with Gasteiger partial charge in [0.25, 0.3) is 0 Å². The molecular formula is C15H22N2O5S. The lowest BCUT2D eigenvalue weighted by atomic mass is 10.1. The van der Waals surface area contributed by atoms with Crippen LogP contribution in [0.25, 0.3) is 0 Å². The van der Waals surface area contributed by atoms with E-state index in [9.17, 15) is 18.3 Å². The van der Waals surface area contributed by atoms with Crippen LogP contribution in [0.2, 0.25) is 0 Å². The first kappa shape index (κ1) is 17.7. The third-order valence-electron chi connectivity index (χ3n) is 4.28. The van der Waals surface area contributed by atoms with Gasteiger partial charge in [0.2, 0.25) is 10.0 Å². The maximum Gasteiger partial charge on any atom is 0.339 e. The van der Waals surface area contributed by atoms with Crippen LogP contribution >= 0.6 is 0 Å². The number of likely N-dealkylation sites (N-methyl/N-ethyl adjacent to an activating group) is 1. The Bertz CT molecular complexity index is 717. The molecule has 0 bridgehead atoms. The maximum absolute atomic E-state index is 12.9. The van der Waals surface area contributed by atoms with Crippen LogP contribution in [0.5, 0.6) is 5.75 Å². The lowest BCUT2D eigenvalue weighted by Gasteiger charge is -2.38. The summed E-state index contributed by atoms with van der Waals surface area (Å²) in [6, 6.07) is 2.68. The number of aryl methyl sites for hydroxylation is 1. The monoisotopic (exact) mass is 342 g/mol. The molecule has 1 aromatic carbocycles. The average Bonchev–Trinajstić information content (AvgIpc) is 2.49. The van der Waals surface area contributed by atoms with Crippen molar-refractivity contribution < 1.29 is 23.4 Å². The van der Waals surface area contributed by atoms with E-state index >= 15 is 0 Å². The molecule has 0 aromatic heterocycles. The molecule has 0 radical (unpaired) electrons. The average molecular weight is 342 g/mol. The van der Waals surface area contributed by atoms with E-state index in [0.29, 0.717) is 25.2 Å². The van der Waals surface area contributed by atoms with E-state index in [2.05, 4.69) is 4.90 Å². The molecule has 1 unspecified atom stereocenters. The van der Waals surface area contributed by atoms with Crippen molar-refractivity contribution in [3.05, 3.63) is 23.3 Å². The summed E-state index contributed by atoms with van der Waals surface area (Å²) in [7, 11) is -2.00. The van der Waals surface area contributed by atoms with E-state index in [4.69, 9.17) is 5.11 Å².